The van der Waals surface area contributed by atoms with Crippen LogP contribution in [0.4, 0.5) is 0 Å². The van der Waals surface area contributed by atoms with Crippen molar-refractivity contribution in [2.24, 2.45) is 0 Å². The van der Waals surface area contributed by atoms with Crippen LogP contribution in [0, 0.1) is 6.23 Å². The molecule has 0 aromatic heterocycles. The molecule has 0 amide bonds. The number of hydrogen-bond acceptors (Lipinski definition) is 6. The summed E-state index contributed by atoms with van der Waals surface area (Å²) in [5.74, 6) is 1.61. The maximum absolute atomic E-state index is 6.16. The zero-order valence-electron chi connectivity index (χ0n) is 20.1. The smallest absolute Gasteiger partial charge is 0.371 e. The Morgan fingerprint density at radius 1 is 0.906 bits per heavy atom. The summed E-state index contributed by atoms with van der Waals surface area (Å²) in [7, 11) is -1.54. The monoisotopic (exact) mass is 475 g/mol. The van der Waals surface area contributed by atoms with Gasteiger partial charge in [-0.1, -0.05) is 38.1 Å². The van der Waals surface area contributed by atoms with Crippen LogP contribution in [0.25, 0.3) is 0 Å². The van der Waals surface area contributed by atoms with Gasteiger partial charge in [-0.25, -0.2) is 0 Å². The Bertz CT molecular complexity index is 865. The molecule has 0 aliphatic carbocycles. The zero-order chi connectivity index (χ0) is 23.4. The van der Waals surface area contributed by atoms with Crippen molar-refractivity contribution >= 4 is 17.1 Å². The van der Waals surface area contributed by atoms with Crippen molar-refractivity contribution in [2.75, 3.05) is 27.4 Å². The maximum Gasteiger partial charge on any atom is 0.371 e. The number of rotatable bonds is 12. The minimum atomic E-state index is -2.61. The van der Waals surface area contributed by atoms with Crippen LogP contribution in [-0.4, -0.2) is 50.7 Å². The Kier molecular flexibility index (Phi) is 7.85. The molecule has 1 radical (unpaired) electrons. The van der Waals surface area contributed by atoms with E-state index < -0.39 is 17.1 Å². The molecular weight excluding hydrogens is 440 g/mol. The van der Waals surface area contributed by atoms with Crippen LogP contribution in [0.2, 0.25) is 19.6 Å². The highest BCUT2D eigenvalue weighted by Gasteiger charge is 2.41. The molecule has 0 spiro atoms. The minimum Gasteiger partial charge on any atom is -0.491 e. The van der Waals surface area contributed by atoms with E-state index in [2.05, 4.69) is 38.1 Å². The van der Waals surface area contributed by atoms with E-state index in [1.807, 2.05) is 43.9 Å². The molecule has 3 rings (SSSR count). The average molecular weight is 476 g/mol. The molecule has 2 atom stereocenters. The SMILES string of the molecule is CO[Si](C)(C)O[Si](C)([CH]Oc1ccc(C(C)(C)c2ccc(OCC3CO3)cc2)cc1)OC. The van der Waals surface area contributed by atoms with Crippen LogP contribution in [0.3, 0.4) is 0 Å². The molecule has 1 fully saturated rings. The second-order valence-corrected chi connectivity index (χ2v) is 15.8. The molecule has 1 aliphatic rings. The maximum atomic E-state index is 6.16. The number of epoxide rings is 1. The molecule has 0 N–H and O–H groups in total. The highest BCUT2D eigenvalue weighted by molar-refractivity contribution is 6.81. The standard InChI is InChI=1S/C24H35O6Si2/c1-24(2,19-8-12-21(13-9-19)27-16-23-17-28-23)20-10-14-22(15-11-20)29-18-32(7,26-4)30-31(5,6)25-3/h8-15,18,23H,16-17H2,1-7H3. The van der Waals surface area contributed by atoms with E-state index in [0.717, 1.165) is 18.1 Å². The van der Waals surface area contributed by atoms with Crippen LogP contribution < -0.4 is 9.47 Å². The minimum absolute atomic E-state index is 0.159. The molecule has 0 saturated carbocycles. The summed E-state index contributed by atoms with van der Waals surface area (Å²) in [4.78, 5) is 0. The van der Waals surface area contributed by atoms with Gasteiger partial charge in [0.15, 0.2) is 6.23 Å². The summed E-state index contributed by atoms with van der Waals surface area (Å²) in [6, 6.07) is 16.4. The van der Waals surface area contributed by atoms with E-state index in [1.54, 1.807) is 20.4 Å². The lowest BCUT2D eigenvalue weighted by molar-refractivity contribution is 0.235. The van der Waals surface area contributed by atoms with Crippen molar-refractivity contribution in [3.63, 3.8) is 0 Å². The first-order valence-electron chi connectivity index (χ1n) is 10.8. The first-order valence-corrected chi connectivity index (χ1v) is 16.0. The van der Waals surface area contributed by atoms with Crippen LogP contribution in [-0.2, 0) is 23.1 Å². The third-order valence-electron chi connectivity index (χ3n) is 5.74. The Morgan fingerprint density at radius 3 is 1.91 bits per heavy atom. The number of benzene rings is 2. The predicted octanol–water partition coefficient (Wildman–Crippen LogP) is 4.95. The Labute approximate surface area is 194 Å². The van der Waals surface area contributed by atoms with Gasteiger partial charge < -0.3 is 27.2 Å². The second kappa shape index (κ2) is 10.1. The summed E-state index contributed by atoms with van der Waals surface area (Å²) < 4.78 is 34.2. The predicted molar refractivity (Wildman–Crippen MR) is 129 cm³/mol. The summed E-state index contributed by atoms with van der Waals surface area (Å²) in [5.41, 5.74) is 2.25. The fourth-order valence-electron chi connectivity index (χ4n) is 3.26. The molecule has 1 saturated heterocycles. The van der Waals surface area contributed by atoms with E-state index in [9.17, 15) is 0 Å². The van der Waals surface area contributed by atoms with Crippen molar-refractivity contribution in [3.8, 4) is 11.5 Å². The average Bonchev–Trinajstić information content (AvgIpc) is 3.61. The Balaban J connectivity index is 1.62. The number of hydrogen-bond donors (Lipinski definition) is 0. The number of ether oxygens (including phenoxy) is 3. The van der Waals surface area contributed by atoms with Crippen molar-refractivity contribution < 1.29 is 27.2 Å². The molecule has 1 aliphatic heterocycles. The van der Waals surface area contributed by atoms with Gasteiger partial charge in [0.25, 0.3) is 0 Å². The first kappa shape index (κ1) is 24.9. The fourth-order valence-corrected chi connectivity index (χ4v) is 8.47. The quantitative estimate of drug-likeness (QED) is 0.320. The molecule has 2 unspecified atom stereocenters. The van der Waals surface area contributed by atoms with Gasteiger partial charge in [-0.2, -0.15) is 0 Å². The Morgan fingerprint density at radius 2 is 1.44 bits per heavy atom. The topological polar surface area (TPSA) is 58.7 Å². The third kappa shape index (κ3) is 6.66. The van der Waals surface area contributed by atoms with Crippen LogP contribution in [0.1, 0.15) is 25.0 Å². The first-order chi connectivity index (χ1) is 15.1. The van der Waals surface area contributed by atoms with Gasteiger partial charge in [0.05, 0.1) is 6.61 Å². The van der Waals surface area contributed by atoms with Crippen LogP contribution in [0.5, 0.6) is 11.5 Å². The van der Waals surface area contributed by atoms with Gasteiger partial charge in [0, 0.05) is 19.6 Å². The molecule has 6 nitrogen and oxygen atoms in total. The lowest BCUT2D eigenvalue weighted by Gasteiger charge is -2.32. The van der Waals surface area contributed by atoms with E-state index in [1.165, 1.54) is 11.1 Å². The van der Waals surface area contributed by atoms with E-state index in [4.69, 9.17) is 27.2 Å². The van der Waals surface area contributed by atoms with Gasteiger partial charge in [-0.3, -0.25) is 0 Å². The van der Waals surface area contributed by atoms with Crippen LogP contribution >= 0.6 is 0 Å². The van der Waals surface area contributed by atoms with Gasteiger partial charge in [-0.15, -0.1) is 0 Å². The van der Waals surface area contributed by atoms with Crippen molar-refractivity contribution in [2.45, 2.75) is 45.0 Å². The molecule has 8 heteroatoms. The van der Waals surface area contributed by atoms with Gasteiger partial charge in [-0.05, 0) is 55.0 Å². The van der Waals surface area contributed by atoms with Gasteiger partial charge in [0.1, 0.15) is 24.2 Å². The molecule has 32 heavy (non-hydrogen) atoms. The molecule has 0 bridgehead atoms. The normalized spacial score (nSPS) is 18.2. The highest BCUT2D eigenvalue weighted by atomic mass is 28.5. The van der Waals surface area contributed by atoms with Crippen LogP contribution in [0.15, 0.2) is 48.5 Å². The van der Waals surface area contributed by atoms with Crippen molar-refractivity contribution in [1.29, 1.82) is 0 Å². The molecule has 1 heterocycles. The molecule has 2 aromatic rings. The lowest BCUT2D eigenvalue weighted by Crippen LogP contribution is -2.51. The van der Waals surface area contributed by atoms with Crippen molar-refractivity contribution in [1.82, 2.24) is 0 Å². The summed E-state index contributed by atoms with van der Waals surface area (Å²) >= 11 is 0. The fraction of sp³-hybridized carbons (Fsp3) is 0.458. The molecular formula is C24H35O6Si2. The van der Waals surface area contributed by atoms with E-state index in [0.29, 0.717) is 6.61 Å². The van der Waals surface area contributed by atoms with Crippen molar-refractivity contribution in [3.05, 3.63) is 65.9 Å². The molecule has 2 aromatic carbocycles. The van der Waals surface area contributed by atoms with E-state index in [-0.39, 0.29) is 11.5 Å². The third-order valence-corrected chi connectivity index (χ3v) is 11.7. The lowest BCUT2D eigenvalue weighted by atomic mass is 9.78. The summed E-state index contributed by atoms with van der Waals surface area (Å²) in [6.07, 6.45) is 1.96. The summed E-state index contributed by atoms with van der Waals surface area (Å²) in [6.45, 7) is 11.8. The zero-order valence-corrected chi connectivity index (χ0v) is 22.1. The second-order valence-electron chi connectivity index (χ2n) is 9.10. The van der Waals surface area contributed by atoms with Gasteiger partial charge >= 0.3 is 17.1 Å². The Hall–Kier alpha value is -1.69. The van der Waals surface area contributed by atoms with E-state index >= 15 is 0 Å². The highest BCUT2D eigenvalue weighted by Crippen LogP contribution is 2.33. The summed E-state index contributed by atoms with van der Waals surface area (Å²) in [5, 5.41) is 0. The van der Waals surface area contributed by atoms with Gasteiger partial charge in [0.2, 0.25) is 0 Å². The molecule has 175 valence electrons. The largest absolute Gasteiger partial charge is 0.491 e.